The van der Waals surface area contributed by atoms with Gasteiger partial charge in [0.2, 0.25) is 10.0 Å². The quantitative estimate of drug-likeness (QED) is 0.682. The summed E-state index contributed by atoms with van der Waals surface area (Å²) in [6.45, 7) is 5.27. The number of aromatic amines is 1. The molecule has 1 aromatic rings. The predicted molar refractivity (Wildman–Crippen MR) is 83.4 cm³/mol. The van der Waals surface area contributed by atoms with Crippen LogP contribution in [0.3, 0.4) is 0 Å². The molecule has 1 heterocycles. The number of aromatic nitrogens is 1. The number of hydrogen-bond donors (Lipinski definition) is 3. The third-order valence-electron chi connectivity index (χ3n) is 3.55. The Morgan fingerprint density at radius 1 is 1.45 bits per heavy atom. The molecule has 0 atom stereocenters. The molecule has 0 unspecified atom stereocenters. The normalized spacial score (nSPS) is 17.6. The molecule has 0 amide bonds. The maximum atomic E-state index is 12.2. The number of rotatable bonds is 8. The highest BCUT2D eigenvalue weighted by Gasteiger charge is 2.42. The van der Waals surface area contributed by atoms with E-state index < -0.39 is 10.0 Å². The Morgan fingerprint density at radius 3 is 2.70 bits per heavy atom. The van der Waals surface area contributed by atoms with Crippen molar-refractivity contribution in [1.29, 1.82) is 0 Å². The minimum Gasteiger partial charge on any atom is -0.363 e. The third-order valence-corrected chi connectivity index (χ3v) is 6.35. The van der Waals surface area contributed by atoms with Gasteiger partial charge in [-0.1, -0.05) is 13.8 Å². The van der Waals surface area contributed by atoms with Crippen molar-refractivity contribution < 1.29 is 8.42 Å². The van der Waals surface area contributed by atoms with Gasteiger partial charge in [-0.2, -0.15) is 11.8 Å². The molecule has 0 bridgehead atoms. The average molecular weight is 317 g/mol. The van der Waals surface area contributed by atoms with Crippen LogP contribution in [0.5, 0.6) is 0 Å². The summed E-state index contributed by atoms with van der Waals surface area (Å²) in [6.07, 6.45) is 5.77. The predicted octanol–water partition coefficient (Wildman–Crippen LogP) is 1.69. The first-order valence-electron chi connectivity index (χ1n) is 6.82. The van der Waals surface area contributed by atoms with Crippen LogP contribution >= 0.6 is 11.8 Å². The van der Waals surface area contributed by atoms with E-state index in [4.69, 9.17) is 0 Å². The molecule has 1 aromatic heterocycles. The van der Waals surface area contributed by atoms with Gasteiger partial charge in [0.05, 0.1) is 4.90 Å². The standard InChI is InChI=1S/C13H23N3O2S2/c1-10(2)14-7-11-6-12(8-15-11)20(17,18)16-9-13(19-3)4-5-13/h6,8,10,14-16H,4-5,7,9H2,1-3H3. The van der Waals surface area contributed by atoms with Crippen molar-refractivity contribution in [2.75, 3.05) is 12.8 Å². The molecule has 5 nitrogen and oxygen atoms in total. The van der Waals surface area contributed by atoms with Crippen LogP contribution in [0.25, 0.3) is 0 Å². The topological polar surface area (TPSA) is 74.0 Å². The van der Waals surface area contributed by atoms with Crippen LogP contribution in [0.1, 0.15) is 32.4 Å². The SMILES string of the molecule is CSC1(CNS(=O)(=O)c2c[nH]c(CNC(C)C)c2)CC1. The highest BCUT2D eigenvalue weighted by atomic mass is 32.2. The van der Waals surface area contributed by atoms with Crippen LogP contribution in [-0.4, -0.2) is 37.0 Å². The Labute approximate surface area is 125 Å². The zero-order valence-electron chi connectivity index (χ0n) is 12.2. The van der Waals surface area contributed by atoms with Gasteiger partial charge in [0.15, 0.2) is 0 Å². The zero-order valence-corrected chi connectivity index (χ0v) is 13.8. The van der Waals surface area contributed by atoms with E-state index in [2.05, 4.69) is 28.9 Å². The maximum absolute atomic E-state index is 12.2. The van der Waals surface area contributed by atoms with Crippen molar-refractivity contribution in [1.82, 2.24) is 15.0 Å². The van der Waals surface area contributed by atoms with Crippen molar-refractivity contribution in [2.45, 2.75) is 48.9 Å². The van der Waals surface area contributed by atoms with Gasteiger partial charge in [-0.3, -0.25) is 0 Å². The second-order valence-electron chi connectivity index (χ2n) is 5.61. The van der Waals surface area contributed by atoms with Gasteiger partial charge in [-0.05, 0) is 25.2 Å². The fourth-order valence-electron chi connectivity index (χ4n) is 1.89. The highest BCUT2D eigenvalue weighted by Crippen LogP contribution is 2.46. The largest absolute Gasteiger partial charge is 0.363 e. The minimum atomic E-state index is -3.40. The van der Waals surface area contributed by atoms with Gasteiger partial charge in [-0.25, -0.2) is 13.1 Å². The molecule has 0 saturated heterocycles. The Hall–Kier alpha value is -0.500. The highest BCUT2D eigenvalue weighted by molar-refractivity contribution is 8.00. The molecule has 0 aromatic carbocycles. The first-order valence-corrected chi connectivity index (χ1v) is 9.53. The van der Waals surface area contributed by atoms with Gasteiger partial charge < -0.3 is 10.3 Å². The molecule has 0 radical (unpaired) electrons. The van der Waals surface area contributed by atoms with Gasteiger partial charge in [0, 0.05) is 35.8 Å². The Morgan fingerprint density at radius 2 is 2.15 bits per heavy atom. The van der Waals surface area contributed by atoms with Crippen LogP contribution < -0.4 is 10.0 Å². The van der Waals surface area contributed by atoms with Gasteiger partial charge >= 0.3 is 0 Å². The lowest BCUT2D eigenvalue weighted by atomic mass is 10.3. The fraction of sp³-hybridized carbons (Fsp3) is 0.692. The Bertz CT molecular complexity index is 548. The average Bonchev–Trinajstić information content (AvgIpc) is 3.02. The monoisotopic (exact) mass is 317 g/mol. The van der Waals surface area contributed by atoms with Crippen LogP contribution in [0.4, 0.5) is 0 Å². The van der Waals surface area contributed by atoms with Gasteiger partial charge in [-0.15, -0.1) is 0 Å². The van der Waals surface area contributed by atoms with E-state index in [1.54, 1.807) is 24.0 Å². The molecule has 3 N–H and O–H groups in total. The maximum Gasteiger partial charge on any atom is 0.242 e. The van der Waals surface area contributed by atoms with Crippen LogP contribution in [0.15, 0.2) is 17.2 Å². The molecule has 1 aliphatic carbocycles. The van der Waals surface area contributed by atoms with Gasteiger partial charge in [0.1, 0.15) is 0 Å². The van der Waals surface area contributed by atoms with Crippen LogP contribution in [0.2, 0.25) is 0 Å². The van der Waals surface area contributed by atoms with E-state index in [0.717, 1.165) is 18.5 Å². The number of hydrogen-bond acceptors (Lipinski definition) is 4. The van der Waals surface area contributed by atoms with Crippen molar-refractivity contribution in [3.8, 4) is 0 Å². The molecule has 0 spiro atoms. The molecule has 20 heavy (non-hydrogen) atoms. The molecular formula is C13H23N3O2S2. The summed E-state index contributed by atoms with van der Waals surface area (Å²) in [5.41, 5.74) is 0.880. The van der Waals surface area contributed by atoms with Crippen molar-refractivity contribution in [3.63, 3.8) is 0 Å². The van der Waals surface area contributed by atoms with E-state index in [9.17, 15) is 8.42 Å². The minimum absolute atomic E-state index is 0.130. The Balaban J connectivity index is 1.95. The summed E-state index contributed by atoms with van der Waals surface area (Å²) in [5.74, 6) is 0. The molecule has 0 aliphatic heterocycles. The number of sulfonamides is 1. The lowest BCUT2D eigenvalue weighted by molar-refractivity contribution is 0.579. The summed E-state index contributed by atoms with van der Waals surface area (Å²) < 4.78 is 27.3. The summed E-state index contributed by atoms with van der Waals surface area (Å²) in [7, 11) is -3.40. The fourth-order valence-corrected chi connectivity index (χ4v) is 3.86. The molecule has 1 aliphatic rings. The summed E-state index contributed by atoms with van der Waals surface area (Å²) >= 11 is 1.75. The van der Waals surface area contributed by atoms with E-state index >= 15 is 0 Å². The summed E-state index contributed by atoms with van der Waals surface area (Å²) in [5, 5.41) is 3.25. The molecule has 1 fully saturated rings. The second-order valence-corrected chi connectivity index (χ2v) is 8.65. The van der Waals surface area contributed by atoms with Crippen molar-refractivity contribution in [2.24, 2.45) is 0 Å². The lowest BCUT2D eigenvalue weighted by Gasteiger charge is -2.12. The number of H-pyrrole nitrogens is 1. The molecule has 1 saturated carbocycles. The van der Waals surface area contributed by atoms with Crippen LogP contribution in [-0.2, 0) is 16.6 Å². The molecular weight excluding hydrogens is 294 g/mol. The van der Waals surface area contributed by atoms with E-state index in [1.165, 1.54) is 0 Å². The van der Waals surface area contributed by atoms with Crippen molar-refractivity contribution >= 4 is 21.8 Å². The van der Waals surface area contributed by atoms with Gasteiger partial charge in [0.25, 0.3) is 0 Å². The molecule has 114 valence electrons. The smallest absolute Gasteiger partial charge is 0.242 e. The Kier molecular flexibility index (Phi) is 4.84. The zero-order chi connectivity index (χ0) is 14.8. The molecule has 2 rings (SSSR count). The van der Waals surface area contributed by atoms with E-state index in [1.807, 2.05) is 6.26 Å². The summed E-state index contributed by atoms with van der Waals surface area (Å²) in [4.78, 5) is 3.32. The number of nitrogens with one attached hydrogen (secondary N) is 3. The number of thioether (sulfide) groups is 1. The lowest BCUT2D eigenvalue weighted by Crippen LogP contribution is -2.31. The second kappa shape index (κ2) is 6.09. The first kappa shape index (κ1) is 15.9. The summed E-state index contributed by atoms with van der Waals surface area (Å²) in [6, 6.07) is 2.06. The molecule has 7 heteroatoms. The first-order chi connectivity index (χ1) is 9.37. The van der Waals surface area contributed by atoms with E-state index in [0.29, 0.717) is 24.0 Å². The van der Waals surface area contributed by atoms with E-state index in [-0.39, 0.29) is 4.75 Å². The third kappa shape index (κ3) is 4.00. The van der Waals surface area contributed by atoms with Crippen molar-refractivity contribution in [3.05, 3.63) is 18.0 Å². The van der Waals surface area contributed by atoms with Crippen LogP contribution in [0, 0.1) is 0 Å².